The Morgan fingerprint density at radius 3 is 2.38 bits per heavy atom. The highest BCUT2D eigenvalue weighted by Crippen LogP contribution is 2.35. The largest absolute Gasteiger partial charge is 0.493 e. The van der Waals surface area contributed by atoms with Gasteiger partial charge in [0.2, 0.25) is 0 Å². The fraction of sp³-hybridized carbons (Fsp3) is 0.115. The normalized spacial score (nSPS) is 13.8. The lowest BCUT2D eigenvalue weighted by molar-refractivity contribution is -0.385. The van der Waals surface area contributed by atoms with E-state index in [2.05, 4.69) is 5.32 Å². The third-order valence-corrected chi connectivity index (χ3v) is 6.45. The molecule has 1 fully saturated rings. The molecule has 0 radical (unpaired) electrons. The molecule has 4 rings (SSSR count). The number of nitro benzene ring substituents is 2. The first-order chi connectivity index (χ1) is 19.1. The number of anilines is 1. The van der Waals surface area contributed by atoms with Crippen LogP contribution in [-0.2, 0) is 16.1 Å². The third kappa shape index (κ3) is 6.60. The summed E-state index contributed by atoms with van der Waals surface area (Å²) in [5.74, 6) is -0.555. The molecule has 0 saturated carbocycles. The topological polar surface area (TPSA) is 171 Å². The number of carbonyl (C=O) groups excluding carboxylic acids is 3. The maximum atomic E-state index is 12.9. The van der Waals surface area contributed by atoms with Crippen LogP contribution in [0.25, 0.3) is 6.08 Å². The number of rotatable bonds is 10. The second kappa shape index (κ2) is 12.1. The molecule has 3 aromatic rings. The first-order valence-corrected chi connectivity index (χ1v) is 12.3. The van der Waals surface area contributed by atoms with Gasteiger partial charge in [0.05, 0.1) is 28.4 Å². The minimum absolute atomic E-state index is 0.0332. The molecular formula is C26H20N4O9S. The molecule has 0 aliphatic carbocycles. The predicted molar refractivity (Wildman–Crippen MR) is 145 cm³/mol. The van der Waals surface area contributed by atoms with Crippen LogP contribution in [0.2, 0.25) is 0 Å². The van der Waals surface area contributed by atoms with E-state index in [-0.39, 0.29) is 40.0 Å². The monoisotopic (exact) mass is 564 g/mol. The molecule has 14 heteroatoms. The van der Waals surface area contributed by atoms with E-state index in [0.29, 0.717) is 11.1 Å². The summed E-state index contributed by atoms with van der Waals surface area (Å²) in [5, 5.41) is 23.8. The molecule has 1 N–H and O–H groups in total. The molecule has 1 aliphatic rings. The Hall–Kier alpha value is -5.24. The number of thioether (sulfide) groups is 1. The van der Waals surface area contributed by atoms with E-state index in [0.717, 1.165) is 16.7 Å². The Morgan fingerprint density at radius 1 is 0.975 bits per heavy atom. The van der Waals surface area contributed by atoms with Crippen molar-refractivity contribution in [2.24, 2.45) is 0 Å². The van der Waals surface area contributed by atoms with Crippen molar-refractivity contribution >= 4 is 52.0 Å². The van der Waals surface area contributed by atoms with Gasteiger partial charge in [-0.05, 0) is 47.2 Å². The van der Waals surface area contributed by atoms with Crippen LogP contribution in [-0.4, -0.2) is 45.5 Å². The highest BCUT2D eigenvalue weighted by molar-refractivity contribution is 8.18. The highest BCUT2D eigenvalue weighted by Gasteiger charge is 2.35. The van der Waals surface area contributed by atoms with Gasteiger partial charge in [0.1, 0.15) is 0 Å². The Kier molecular flexibility index (Phi) is 8.39. The quantitative estimate of drug-likeness (QED) is 0.205. The van der Waals surface area contributed by atoms with Crippen molar-refractivity contribution in [1.29, 1.82) is 0 Å². The number of nitrogens with one attached hydrogen (secondary N) is 1. The number of amides is 3. The molecule has 0 aromatic heterocycles. The second-order valence-electron chi connectivity index (χ2n) is 8.25. The summed E-state index contributed by atoms with van der Waals surface area (Å²) in [4.78, 5) is 59.5. The van der Waals surface area contributed by atoms with E-state index in [1.165, 1.54) is 67.8 Å². The predicted octanol–water partition coefficient (Wildman–Crippen LogP) is 4.77. The number of imide groups is 1. The van der Waals surface area contributed by atoms with Crippen molar-refractivity contribution in [3.63, 3.8) is 0 Å². The van der Waals surface area contributed by atoms with Crippen LogP contribution < -0.4 is 14.8 Å². The van der Waals surface area contributed by atoms with E-state index in [1.807, 2.05) is 0 Å². The van der Waals surface area contributed by atoms with Crippen LogP contribution in [0.4, 0.5) is 21.9 Å². The fourth-order valence-electron chi connectivity index (χ4n) is 3.62. The lowest BCUT2D eigenvalue weighted by Gasteiger charge is -2.12. The Morgan fingerprint density at radius 2 is 1.70 bits per heavy atom. The van der Waals surface area contributed by atoms with E-state index >= 15 is 0 Å². The summed E-state index contributed by atoms with van der Waals surface area (Å²) >= 11 is 0.763. The van der Waals surface area contributed by atoms with Gasteiger partial charge in [0.25, 0.3) is 28.4 Å². The van der Waals surface area contributed by atoms with Gasteiger partial charge >= 0.3 is 0 Å². The van der Waals surface area contributed by atoms with Gasteiger partial charge in [-0.15, -0.1) is 0 Å². The first kappa shape index (κ1) is 27.8. The van der Waals surface area contributed by atoms with Crippen molar-refractivity contribution in [3.8, 4) is 11.5 Å². The van der Waals surface area contributed by atoms with Gasteiger partial charge in [-0.3, -0.25) is 39.5 Å². The average molecular weight is 565 g/mol. The van der Waals surface area contributed by atoms with Crippen LogP contribution in [0.5, 0.6) is 11.5 Å². The van der Waals surface area contributed by atoms with Gasteiger partial charge in [-0.25, -0.2) is 0 Å². The zero-order valence-electron chi connectivity index (χ0n) is 20.8. The number of nitrogens with zero attached hydrogens (tertiary/aromatic N) is 3. The lowest BCUT2D eigenvalue weighted by Crippen LogP contribution is -2.27. The molecule has 0 unspecified atom stereocenters. The number of hydrogen-bond donors (Lipinski definition) is 1. The number of nitro groups is 2. The van der Waals surface area contributed by atoms with E-state index in [1.54, 1.807) is 12.1 Å². The van der Waals surface area contributed by atoms with Crippen molar-refractivity contribution in [2.45, 2.75) is 6.54 Å². The van der Waals surface area contributed by atoms with E-state index in [9.17, 15) is 34.6 Å². The molecule has 3 amide bonds. The first-order valence-electron chi connectivity index (χ1n) is 11.5. The molecule has 1 aliphatic heterocycles. The number of hydrogen-bond acceptors (Lipinski definition) is 10. The molecule has 1 saturated heterocycles. The fourth-order valence-corrected chi connectivity index (χ4v) is 4.46. The van der Waals surface area contributed by atoms with Crippen LogP contribution >= 0.6 is 11.8 Å². The summed E-state index contributed by atoms with van der Waals surface area (Å²) in [7, 11) is 1.40. The minimum atomic E-state index is -0.571. The SMILES string of the molecule is COc1cc(/C=C2\SC(=O)N(Cc3ccc([N+](=O)[O-])cc3)C2=O)ccc1OCC(=O)Nc1cccc([N+](=O)[O-])c1. The molecule has 0 atom stereocenters. The maximum absolute atomic E-state index is 12.9. The number of ether oxygens (including phenoxy) is 2. The zero-order chi connectivity index (χ0) is 28.8. The number of non-ortho nitro benzene ring substituents is 2. The number of carbonyl (C=O) groups is 3. The lowest BCUT2D eigenvalue weighted by atomic mass is 10.1. The molecule has 3 aromatic carbocycles. The summed E-state index contributed by atoms with van der Waals surface area (Å²) in [6.07, 6.45) is 1.52. The third-order valence-electron chi connectivity index (χ3n) is 5.55. The van der Waals surface area contributed by atoms with Crippen molar-refractivity contribution in [3.05, 3.63) is 103 Å². The van der Waals surface area contributed by atoms with Crippen molar-refractivity contribution in [2.75, 3.05) is 19.0 Å². The molecule has 204 valence electrons. The Labute approximate surface area is 230 Å². The maximum Gasteiger partial charge on any atom is 0.293 e. The van der Waals surface area contributed by atoms with E-state index in [4.69, 9.17) is 9.47 Å². The molecule has 0 bridgehead atoms. The zero-order valence-corrected chi connectivity index (χ0v) is 21.6. The average Bonchev–Trinajstić information content (AvgIpc) is 3.19. The summed E-state index contributed by atoms with van der Waals surface area (Å²) in [5.41, 5.74) is 1.08. The standard InChI is InChI=1S/C26H20N4O9S/c1-38-22-11-17(7-10-21(22)39-15-24(31)27-18-3-2-4-20(13-18)30(36)37)12-23-25(32)28(26(33)40-23)14-16-5-8-19(9-6-16)29(34)35/h2-13H,14-15H2,1H3,(H,27,31)/b23-12-. The van der Waals surface area contributed by atoms with Crippen LogP contribution in [0.15, 0.2) is 71.6 Å². The molecule has 13 nitrogen and oxygen atoms in total. The second-order valence-corrected chi connectivity index (χ2v) is 9.24. The minimum Gasteiger partial charge on any atom is -0.493 e. The summed E-state index contributed by atoms with van der Waals surface area (Å²) in [6.45, 7) is -0.436. The van der Waals surface area contributed by atoms with Crippen molar-refractivity contribution in [1.82, 2.24) is 4.90 Å². The van der Waals surface area contributed by atoms with Crippen LogP contribution in [0.1, 0.15) is 11.1 Å². The van der Waals surface area contributed by atoms with Gasteiger partial charge in [0.15, 0.2) is 18.1 Å². The summed E-state index contributed by atoms with van der Waals surface area (Å²) in [6, 6.07) is 15.8. The molecular weight excluding hydrogens is 544 g/mol. The molecule has 0 spiro atoms. The summed E-state index contributed by atoms with van der Waals surface area (Å²) < 4.78 is 10.9. The number of benzene rings is 3. The smallest absolute Gasteiger partial charge is 0.293 e. The van der Waals surface area contributed by atoms with Gasteiger partial charge in [0, 0.05) is 30.0 Å². The van der Waals surface area contributed by atoms with Crippen LogP contribution in [0, 0.1) is 20.2 Å². The molecule has 1 heterocycles. The van der Waals surface area contributed by atoms with Gasteiger partial charge in [-0.2, -0.15) is 0 Å². The van der Waals surface area contributed by atoms with E-state index < -0.39 is 33.5 Å². The molecule has 40 heavy (non-hydrogen) atoms. The van der Waals surface area contributed by atoms with Crippen molar-refractivity contribution < 1.29 is 33.7 Å². The number of methoxy groups -OCH3 is 1. The van der Waals surface area contributed by atoms with Gasteiger partial charge < -0.3 is 14.8 Å². The highest BCUT2D eigenvalue weighted by atomic mass is 32.2. The van der Waals surface area contributed by atoms with Gasteiger partial charge in [-0.1, -0.05) is 24.3 Å². The van der Waals surface area contributed by atoms with Crippen LogP contribution in [0.3, 0.4) is 0 Å². The Bertz CT molecular complexity index is 1540. The Balaban J connectivity index is 1.40.